The van der Waals surface area contributed by atoms with Gasteiger partial charge in [-0.1, -0.05) is 38.5 Å². The van der Waals surface area contributed by atoms with Crippen LogP contribution >= 0.6 is 0 Å². The second-order valence-corrected chi connectivity index (χ2v) is 9.54. The van der Waals surface area contributed by atoms with Crippen LogP contribution in [0.2, 0.25) is 0 Å². The lowest BCUT2D eigenvalue weighted by Gasteiger charge is -2.57. The van der Waals surface area contributed by atoms with Crippen molar-refractivity contribution < 1.29 is 9.47 Å². The Labute approximate surface area is 138 Å². The molecule has 0 radical (unpaired) electrons. The molecule has 0 aromatic heterocycles. The molecule has 130 valence electrons. The van der Waals surface area contributed by atoms with Gasteiger partial charge in [-0.05, 0) is 67.2 Å². The standard InChI is InChI=1S/C20H38O2/c1-17(2,3)21-19(13-9-7-10-14-19)20(22-18(4,5)6)15-11-8-12-16-20/h7-16H2,1-6H3. The number of ether oxygens (including phenoxy) is 2. The van der Waals surface area contributed by atoms with Gasteiger partial charge in [0.25, 0.3) is 0 Å². The molecule has 0 N–H and O–H groups in total. The third-order valence-electron chi connectivity index (χ3n) is 5.16. The summed E-state index contributed by atoms with van der Waals surface area (Å²) in [6.45, 7) is 13.2. The summed E-state index contributed by atoms with van der Waals surface area (Å²) in [6.07, 6.45) is 12.5. The van der Waals surface area contributed by atoms with Crippen molar-refractivity contribution in [1.29, 1.82) is 0 Å². The molecular formula is C20H38O2. The first-order valence-electron chi connectivity index (χ1n) is 9.48. The number of rotatable bonds is 3. The molecule has 0 aromatic carbocycles. The summed E-state index contributed by atoms with van der Waals surface area (Å²) in [5.74, 6) is 0. The molecule has 2 rings (SSSR count). The van der Waals surface area contributed by atoms with Crippen LogP contribution in [0.3, 0.4) is 0 Å². The molecule has 0 atom stereocenters. The fraction of sp³-hybridized carbons (Fsp3) is 1.00. The Bertz CT molecular complexity index is 311. The highest BCUT2D eigenvalue weighted by molar-refractivity contribution is 5.07. The summed E-state index contributed by atoms with van der Waals surface area (Å²) in [6, 6.07) is 0. The molecule has 2 aliphatic carbocycles. The third kappa shape index (κ3) is 4.26. The Balaban J connectivity index is 2.38. The van der Waals surface area contributed by atoms with Crippen LogP contribution in [0.25, 0.3) is 0 Å². The van der Waals surface area contributed by atoms with Crippen molar-refractivity contribution in [1.82, 2.24) is 0 Å². The van der Waals surface area contributed by atoms with E-state index in [1.807, 2.05) is 0 Å². The van der Waals surface area contributed by atoms with Crippen molar-refractivity contribution in [3.8, 4) is 0 Å². The molecule has 0 amide bonds. The maximum Gasteiger partial charge on any atom is 0.0978 e. The van der Waals surface area contributed by atoms with E-state index in [1.54, 1.807) is 0 Å². The van der Waals surface area contributed by atoms with Crippen LogP contribution in [-0.2, 0) is 9.47 Å². The van der Waals surface area contributed by atoms with Gasteiger partial charge in [0.05, 0.1) is 22.4 Å². The Morgan fingerprint density at radius 3 is 1.00 bits per heavy atom. The highest BCUT2D eigenvalue weighted by Crippen LogP contribution is 2.52. The summed E-state index contributed by atoms with van der Waals surface area (Å²) in [7, 11) is 0. The van der Waals surface area contributed by atoms with Gasteiger partial charge in [0.2, 0.25) is 0 Å². The molecule has 2 aliphatic rings. The highest BCUT2D eigenvalue weighted by Gasteiger charge is 2.56. The smallest absolute Gasteiger partial charge is 0.0978 e. The molecule has 0 heterocycles. The summed E-state index contributed by atoms with van der Waals surface area (Å²) < 4.78 is 13.7. The van der Waals surface area contributed by atoms with Crippen LogP contribution in [0.5, 0.6) is 0 Å². The van der Waals surface area contributed by atoms with E-state index < -0.39 is 0 Å². The first-order valence-corrected chi connectivity index (χ1v) is 9.48. The minimum Gasteiger partial charge on any atom is -0.366 e. The van der Waals surface area contributed by atoms with Gasteiger partial charge >= 0.3 is 0 Å². The summed E-state index contributed by atoms with van der Waals surface area (Å²) in [5, 5.41) is 0. The van der Waals surface area contributed by atoms with Gasteiger partial charge in [-0.15, -0.1) is 0 Å². The average Bonchev–Trinajstić information content (AvgIpc) is 2.36. The number of hydrogen-bond acceptors (Lipinski definition) is 2. The Hall–Kier alpha value is -0.0800. The molecule has 0 aliphatic heterocycles. The van der Waals surface area contributed by atoms with Crippen molar-refractivity contribution in [2.24, 2.45) is 0 Å². The minimum atomic E-state index is -0.108. The minimum absolute atomic E-state index is 0.0861. The zero-order valence-electron chi connectivity index (χ0n) is 15.9. The fourth-order valence-electron chi connectivity index (χ4n) is 4.72. The zero-order valence-corrected chi connectivity index (χ0v) is 15.9. The van der Waals surface area contributed by atoms with Gasteiger partial charge in [0, 0.05) is 0 Å². The molecule has 2 fully saturated rings. The van der Waals surface area contributed by atoms with E-state index >= 15 is 0 Å². The Kier molecular flexibility index (Phi) is 5.34. The summed E-state index contributed by atoms with van der Waals surface area (Å²) >= 11 is 0. The van der Waals surface area contributed by atoms with Gasteiger partial charge < -0.3 is 9.47 Å². The van der Waals surface area contributed by atoms with E-state index in [1.165, 1.54) is 64.2 Å². The molecule has 2 nitrogen and oxygen atoms in total. The van der Waals surface area contributed by atoms with Gasteiger partial charge in [0.1, 0.15) is 0 Å². The lowest BCUT2D eigenvalue weighted by Crippen LogP contribution is -2.63. The van der Waals surface area contributed by atoms with Gasteiger partial charge in [0.15, 0.2) is 0 Å². The molecule has 0 spiro atoms. The van der Waals surface area contributed by atoms with E-state index in [4.69, 9.17) is 9.47 Å². The van der Waals surface area contributed by atoms with Crippen LogP contribution in [0.15, 0.2) is 0 Å². The van der Waals surface area contributed by atoms with Gasteiger partial charge in [-0.3, -0.25) is 0 Å². The van der Waals surface area contributed by atoms with Crippen LogP contribution < -0.4 is 0 Å². The number of hydrogen-bond donors (Lipinski definition) is 0. The Morgan fingerprint density at radius 2 is 0.773 bits per heavy atom. The van der Waals surface area contributed by atoms with E-state index in [0.717, 1.165) is 0 Å². The van der Waals surface area contributed by atoms with E-state index in [9.17, 15) is 0 Å². The summed E-state index contributed by atoms with van der Waals surface area (Å²) in [5.41, 5.74) is -0.388. The zero-order chi connectivity index (χ0) is 16.5. The molecular weight excluding hydrogens is 272 g/mol. The van der Waals surface area contributed by atoms with E-state index in [2.05, 4.69) is 41.5 Å². The SMILES string of the molecule is CC(C)(C)OC1(C2(OC(C)(C)C)CCCCC2)CCCCC1. The molecule has 0 bridgehead atoms. The van der Waals surface area contributed by atoms with Crippen LogP contribution in [-0.4, -0.2) is 22.4 Å². The Morgan fingerprint density at radius 1 is 0.500 bits per heavy atom. The quantitative estimate of drug-likeness (QED) is 0.634. The normalized spacial score (nSPS) is 25.9. The van der Waals surface area contributed by atoms with E-state index in [0.29, 0.717) is 0 Å². The molecule has 0 saturated heterocycles. The molecule has 2 heteroatoms. The fourth-order valence-corrected chi connectivity index (χ4v) is 4.72. The molecule has 22 heavy (non-hydrogen) atoms. The molecule has 0 aromatic rings. The predicted octanol–water partition coefficient (Wildman–Crippen LogP) is 6.02. The van der Waals surface area contributed by atoms with Crippen LogP contribution in [0, 0.1) is 0 Å². The lowest BCUT2D eigenvalue weighted by atomic mass is 9.65. The third-order valence-corrected chi connectivity index (χ3v) is 5.16. The van der Waals surface area contributed by atoms with Crippen molar-refractivity contribution >= 4 is 0 Å². The average molecular weight is 311 g/mol. The van der Waals surface area contributed by atoms with E-state index in [-0.39, 0.29) is 22.4 Å². The first-order chi connectivity index (χ1) is 10.1. The van der Waals surface area contributed by atoms with Gasteiger partial charge in [-0.25, -0.2) is 0 Å². The van der Waals surface area contributed by atoms with Crippen LogP contribution in [0.4, 0.5) is 0 Å². The van der Waals surface area contributed by atoms with Crippen molar-refractivity contribution in [2.45, 2.75) is 128 Å². The lowest BCUT2D eigenvalue weighted by molar-refractivity contribution is -0.290. The maximum atomic E-state index is 6.83. The maximum absolute atomic E-state index is 6.83. The monoisotopic (exact) mass is 310 g/mol. The first kappa shape index (κ1) is 18.3. The molecule has 2 saturated carbocycles. The summed E-state index contributed by atoms with van der Waals surface area (Å²) in [4.78, 5) is 0. The second-order valence-electron chi connectivity index (χ2n) is 9.54. The molecule has 0 unspecified atom stereocenters. The highest BCUT2D eigenvalue weighted by atomic mass is 16.6. The van der Waals surface area contributed by atoms with Crippen LogP contribution in [0.1, 0.15) is 106 Å². The van der Waals surface area contributed by atoms with Gasteiger partial charge in [-0.2, -0.15) is 0 Å². The second kappa shape index (κ2) is 6.43. The predicted molar refractivity (Wildman–Crippen MR) is 93.3 cm³/mol. The largest absolute Gasteiger partial charge is 0.366 e. The van der Waals surface area contributed by atoms with Crippen molar-refractivity contribution in [3.63, 3.8) is 0 Å². The van der Waals surface area contributed by atoms with Crippen molar-refractivity contribution in [3.05, 3.63) is 0 Å². The topological polar surface area (TPSA) is 18.5 Å². The van der Waals surface area contributed by atoms with Crippen molar-refractivity contribution in [2.75, 3.05) is 0 Å².